The van der Waals surface area contributed by atoms with E-state index in [0.717, 1.165) is 29.7 Å². The first-order valence-electron chi connectivity index (χ1n) is 7.90. The van der Waals surface area contributed by atoms with Crippen molar-refractivity contribution >= 4 is 33.3 Å². The zero-order valence-corrected chi connectivity index (χ0v) is 14.7. The number of carbonyl (C=O) groups excluding carboxylic acids is 1. The maximum atomic E-state index is 12.7. The molecule has 0 saturated carbocycles. The lowest BCUT2D eigenvalue weighted by atomic mass is 9.99. The van der Waals surface area contributed by atoms with Gasteiger partial charge in [-0.3, -0.25) is 4.79 Å². The first kappa shape index (κ1) is 16.0. The molecule has 2 heterocycles. The van der Waals surface area contributed by atoms with Crippen LogP contribution in [0.2, 0.25) is 0 Å². The second-order valence-corrected chi connectivity index (χ2v) is 6.98. The number of benzene rings is 1. The molecule has 1 fully saturated rings. The van der Waals surface area contributed by atoms with Crippen LogP contribution < -0.4 is 5.32 Å². The van der Waals surface area contributed by atoms with Crippen molar-refractivity contribution in [1.82, 2.24) is 9.88 Å². The Balaban J connectivity index is 1.75. The van der Waals surface area contributed by atoms with Crippen molar-refractivity contribution in [2.24, 2.45) is 5.92 Å². The van der Waals surface area contributed by atoms with Crippen molar-refractivity contribution in [2.45, 2.75) is 19.8 Å². The van der Waals surface area contributed by atoms with Crippen LogP contribution in [0.5, 0.6) is 0 Å². The zero-order valence-electron chi connectivity index (χ0n) is 13.1. The van der Waals surface area contributed by atoms with Crippen LogP contribution in [0.1, 0.15) is 30.1 Å². The molecule has 0 radical (unpaired) electrons. The van der Waals surface area contributed by atoms with Gasteiger partial charge in [0.2, 0.25) is 0 Å². The van der Waals surface area contributed by atoms with Gasteiger partial charge in [0.25, 0.3) is 5.91 Å². The predicted molar refractivity (Wildman–Crippen MR) is 96.0 cm³/mol. The summed E-state index contributed by atoms with van der Waals surface area (Å²) in [5.74, 6) is 1.35. The third-order valence-corrected chi connectivity index (χ3v) is 4.54. The summed E-state index contributed by atoms with van der Waals surface area (Å²) in [5.41, 5.74) is 1.62. The van der Waals surface area contributed by atoms with Gasteiger partial charge < -0.3 is 10.2 Å². The van der Waals surface area contributed by atoms with Gasteiger partial charge in [-0.05, 0) is 49.1 Å². The van der Waals surface area contributed by atoms with Crippen molar-refractivity contribution in [3.63, 3.8) is 0 Å². The molecule has 3 rings (SSSR count). The summed E-state index contributed by atoms with van der Waals surface area (Å²) in [6.45, 7) is 3.89. The summed E-state index contributed by atoms with van der Waals surface area (Å²) in [4.78, 5) is 18.9. The minimum absolute atomic E-state index is 0.0937. The molecular formula is C18H20BrN3O. The fourth-order valence-electron chi connectivity index (χ4n) is 2.90. The minimum atomic E-state index is 0.0937. The summed E-state index contributed by atoms with van der Waals surface area (Å²) in [5, 5.41) is 3.24. The number of anilines is 2. The van der Waals surface area contributed by atoms with Gasteiger partial charge in [-0.1, -0.05) is 28.9 Å². The highest BCUT2D eigenvalue weighted by Crippen LogP contribution is 2.21. The molecule has 120 valence electrons. The van der Waals surface area contributed by atoms with Crippen LogP contribution in [0.25, 0.3) is 0 Å². The molecule has 5 heteroatoms. The SMILES string of the molecule is CC1CCCN(C(=O)c2ccnc(Nc3cccc(Br)c3)c2)C1. The Morgan fingerprint density at radius 3 is 3.00 bits per heavy atom. The molecule has 1 aliphatic rings. The number of amides is 1. The van der Waals surface area contributed by atoms with Gasteiger partial charge in [0.15, 0.2) is 0 Å². The smallest absolute Gasteiger partial charge is 0.254 e. The number of aromatic nitrogens is 1. The quantitative estimate of drug-likeness (QED) is 0.863. The highest BCUT2D eigenvalue weighted by Gasteiger charge is 2.22. The molecule has 23 heavy (non-hydrogen) atoms. The lowest BCUT2D eigenvalue weighted by molar-refractivity contribution is 0.0683. The van der Waals surface area contributed by atoms with Gasteiger partial charge in [0.05, 0.1) is 0 Å². The van der Waals surface area contributed by atoms with Crippen LogP contribution >= 0.6 is 15.9 Å². The highest BCUT2D eigenvalue weighted by molar-refractivity contribution is 9.10. The number of hydrogen-bond donors (Lipinski definition) is 1. The first-order chi connectivity index (χ1) is 11.1. The van der Waals surface area contributed by atoms with E-state index in [-0.39, 0.29) is 5.91 Å². The summed E-state index contributed by atoms with van der Waals surface area (Å²) >= 11 is 3.45. The topological polar surface area (TPSA) is 45.2 Å². The molecular weight excluding hydrogens is 354 g/mol. The summed E-state index contributed by atoms with van der Waals surface area (Å²) in [6.07, 6.45) is 3.97. The number of hydrogen-bond acceptors (Lipinski definition) is 3. The van der Waals surface area contributed by atoms with Crippen molar-refractivity contribution in [3.05, 3.63) is 52.6 Å². The maximum Gasteiger partial charge on any atom is 0.254 e. The van der Waals surface area contributed by atoms with Crippen LogP contribution in [0.15, 0.2) is 47.1 Å². The number of likely N-dealkylation sites (tertiary alicyclic amines) is 1. The van der Waals surface area contributed by atoms with Gasteiger partial charge >= 0.3 is 0 Å². The number of nitrogens with zero attached hydrogens (tertiary/aromatic N) is 2. The van der Waals surface area contributed by atoms with Gasteiger partial charge in [0, 0.05) is 35.0 Å². The number of halogens is 1. The Bertz CT molecular complexity index is 704. The highest BCUT2D eigenvalue weighted by atomic mass is 79.9. The molecule has 1 aromatic heterocycles. The number of pyridine rings is 1. The second-order valence-electron chi connectivity index (χ2n) is 6.06. The van der Waals surface area contributed by atoms with Crippen molar-refractivity contribution < 1.29 is 4.79 Å². The van der Waals surface area contributed by atoms with Crippen LogP contribution in [-0.2, 0) is 0 Å². The summed E-state index contributed by atoms with van der Waals surface area (Å²) < 4.78 is 0.997. The lowest BCUT2D eigenvalue weighted by Crippen LogP contribution is -2.39. The molecule has 1 aromatic carbocycles. The Morgan fingerprint density at radius 1 is 1.35 bits per heavy atom. The van der Waals surface area contributed by atoms with Gasteiger partial charge in [-0.25, -0.2) is 4.98 Å². The minimum Gasteiger partial charge on any atom is -0.340 e. The monoisotopic (exact) mass is 373 g/mol. The van der Waals surface area contributed by atoms with E-state index in [2.05, 4.69) is 33.2 Å². The van der Waals surface area contributed by atoms with E-state index in [4.69, 9.17) is 0 Å². The number of rotatable bonds is 3. The first-order valence-corrected chi connectivity index (χ1v) is 8.69. The number of nitrogens with one attached hydrogen (secondary N) is 1. The number of carbonyl (C=O) groups is 1. The Labute approximate surface area is 145 Å². The van der Waals surface area contributed by atoms with Gasteiger partial charge in [-0.15, -0.1) is 0 Å². The largest absolute Gasteiger partial charge is 0.340 e. The van der Waals surface area contributed by atoms with E-state index in [1.165, 1.54) is 6.42 Å². The molecule has 4 nitrogen and oxygen atoms in total. The maximum absolute atomic E-state index is 12.7. The van der Waals surface area contributed by atoms with E-state index in [0.29, 0.717) is 17.3 Å². The third kappa shape index (κ3) is 4.10. The predicted octanol–water partition coefficient (Wildman–Crippen LogP) is 4.46. The fraction of sp³-hybridized carbons (Fsp3) is 0.333. The van der Waals surface area contributed by atoms with E-state index in [9.17, 15) is 4.79 Å². The van der Waals surface area contributed by atoms with E-state index in [1.54, 1.807) is 12.3 Å². The lowest BCUT2D eigenvalue weighted by Gasteiger charge is -2.31. The van der Waals surface area contributed by atoms with Crippen molar-refractivity contribution in [1.29, 1.82) is 0 Å². The molecule has 1 amide bonds. The van der Waals surface area contributed by atoms with E-state index in [1.807, 2.05) is 35.2 Å². The van der Waals surface area contributed by atoms with Crippen molar-refractivity contribution in [3.8, 4) is 0 Å². The van der Waals surface area contributed by atoms with E-state index < -0.39 is 0 Å². The summed E-state index contributed by atoms with van der Waals surface area (Å²) in [7, 11) is 0. The molecule has 0 aliphatic carbocycles. The van der Waals surface area contributed by atoms with Crippen LogP contribution in [-0.4, -0.2) is 28.9 Å². The molecule has 1 saturated heterocycles. The molecule has 0 bridgehead atoms. The standard InChI is InChI=1S/C18H20BrN3O/c1-13-4-3-9-22(12-13)18(23)14-7-8-20-17(10-14)21-16-6-2-5-15(19)11-16/h2,5-8,10-11,13H,3-4,9,12H2,1H3,(H,20,21). The number of piperidine rings is 1. The van der Waals surface area contributed by atoms with Crippen LogP contribution in [0, 0.1) is 5.92 Å². The average molecular weight is 374 g/mol. The Morgan fingerprint density at radius 2 is 2.22 bits per heavy atom. The van der Waals surface area contributed by atoms with Crippen molar-refractivity contribution in [2.75, 3.05) is 18.4 Å². The zero-order chi connectivity index (χ0) is 16.2. The van der Waals surface area contributed by atoms with Crippen LogP contribution in [0.4, 0.5) is 11.5 Å². The molecule has 2 aromatic rings. The average Bonchev–Trinajstić information content (AvgIpc) is 2.54. The summed E-state index contributed by atoms with van der Waals surface area (Å²) in [6, 6.07) is 11.5. The Hall–Kier alpha value is -1.88. The molecule has 0 spiro atoms. The van der Waals surface area contributed by atoms with E-state index >= 15 is 0 Å². The molecule has 1 atom stereocenters. The van der Waals surface area contributed by atoms with Gasteiger partial charge in [-0.2, -0.15) is 0 Å². The van der Waals surface area contributed by atoms with Gasteiger partial charge in [0.1, 0.15) is 5.82 Å². The molecule has 1 N–H and O–H groups in total. The fourth-order valence-corrected chi connectivity index (χ4v) is 3.30. The molecule has 1 aliphatic heterocycles. The molecule has 1 unspecified atom stereocenters. The van der Waals surface area contributed by atoms with Crippen LogP contribution in [0.3, 0.4) is 0 Å². The second kappa shape index (κ2) is 7.13. The third-order valence-electron chi connectivity index (χ3n) is 4.05. The Kier molecular flexibility index (Phi) is 4.96. The normalized spacial score (nSPS) is 17.8.